The molecule has 0 bridgehead atoms. The Bertz CT molecular complexity index is 611. The molecular formula is C11H14BrN3O3S. The molecule has 8 heteroatoms. The lowest BCUT2D eigenvalue weighted by Crippen LogP contribution is -2.37. The quantitative estimate of drug-likeness (QED) is 0.740. The predicted octanol–water partition coefficient (Wildman–Crippen LogP) is -0.338. The third-order valence-corrected chi connectivity index (χ3v) is 3.83. The average Bonchev–Trinajstić information content (AvgIpc) is 2.66. The zero-order valence-corrected chi connectivity index (χ0v) is 12.8. The molecule has 0 aliphatic heterocycles. The number of hydrogen-bond acceptors (Lipinski definition) is 5. The van der Waals surface area contributed by atoms with Crippen LogP contribution in [0.4, 0.5) is 0 Å². The Morgan fingerprint density at radius 1 is 1.58 bits per heavy atom. The van der Waals surface area contributed by atoms with Gasteiger partial charge in [0.05, 0.1) is 10.9 Å². The van der Waals surface area contributed by atoms with Gasteiger partial charge in [0.15, 0.2) is 12.2 Å². The van der Waals surface area contributed by atoms with Gasteiger partial charge in [0.25, 0.3) is 5.56 Å². The van der Waals surface area contributed by atoms with E-state index in [1.165, 1.54) is 17.5 Å². The fourth-order valence-electron chi connectivity index (χ4n) is 1.65. The van der Waals surface area contributed by atoms with Crippen LogP contribution in [0.15, 0.2) is 16.5 Å². The molecule has 6 nitrogen and oxygen atoms in total. The predicted molar refractivity (Wildman–Crippen MR) is 73.8 cm³/mol. The molecule has 0 saturated carbocycles. The first-order valence-electron chi connectivity index (χ1n) is 5.44. The number of aromatic nitrogens is 3. The standard InChI is InChI=1S/C11H13N3O3S.BrH/c1-7-9(2-3-15)18-6-14(7)5-8-4-12-11(17)13-10(8)16;/h4,6,15H,2-3,5H2,1H3,(H-,12,13,16,17);1H. The van der Waals surface area contributed by atoms with Gasteiger partial charge < -0.3 is 15.2 Å². The molecule has 2 heterocycles. The Hall–Kier alpha value is -1.25. The molecule has 2 aromatic heterocycles. The number of nitrogens with one attached hydrogen (secondary N) is 1. The Kier molecular flexibility index (Phi) is 5.64. The van der Waals surface area contributed by atoms with Crippen molar-refractivity contribution in [3.63, 3.8) is 0 Å². The van der Waals surface area contributed by atoms with Crippen LogP contribution in [0, 0.1) is 6.92 Å². The Balaban J connectivity index is 0.00000180. The Morgan fingerprint density at radius 2 is 2.32 bits per heavy atom. The maximum atomic E-state index is 11.5. The highest BCUT2D eigenvalue weighted by atomic mass is 79.9. The van der Waals surface area contributed by atoms with Gasteiger partial charge in [-0.1, -0.05) is 11.3 Å². The van der Waals surface area contributed by atoms with Crippen LogP contribution < -0.4 is 15.2 Å². The number of aliphatic hydroxyl groups excluding tert-OH is 1. The second kappa shape index (κ2) is 6.78. The highest BCUT2D eigenvalue weighted by Gasteiger charge is 2.16. The minimum Gasteiger partial charge on any atom is -0.846 e. The van der Waals surface area contributed by atoms with Crippen molar-refractivity contribution in [2.45, 2.75) is 19.9 Å². The number of halogens is 1. The van der Waals surface area contributed by atoms with Gasteiger partial charge in [0.2, 0.25) is 5.51 Å². The Labute approximate surface area is 124 Å². The molecular weight excluding hydrogens is 334 g/mol. The van der Waals surface area contributed by atoms with Crippen LogP contribution in [0.5, 0.6) is 6.01 Å². The van der Waals surface area contributed by atoms with Crippen LogP contribution >= 0.6 is 28.3 Å². The van der Waals surface area contributed by atoms with Crippen LogP contribution in [-0.4, -0.2) is 21.7 Å². The zero-order valence-electron chi connectivity index (χ0n) is 10.3. The summed E-state index contributed by atoms with van der Waals surface area (Å²) >= 11 is 1.54. The lowest BCUT2D eigenvalue weighted by molar-refractivity contribution is -0.689. The monoisotopic (exact) mass is 347 g/mol. The van der Waals surface area contributed by atoms with E-state index in [0.717, 1.165) is 10.6 Å². The lowest BCUT2D eigenvalue weighted by atomic mass is 10.3. The number of rotatable bonds is 4. The van der Waals surface area contributed by atoms with Crippen molar-refractivity contribution in [3.8, 4) is 6.01 Å². The maximum Gasteiger partial charge on any atom is 0.259 e. The summed E-state index contributed by atoms with van der Waals surface area (Å²) in [5.74, 6) is 0. The summed E-state index contributed by atoms with van der Waals surface area (Å²) in [6, 6.07) is -0.628. The van der Waals surface area contributed by atoms with E-state index in [1.54, 1.807) is 0 Å². The fourth-order valence-corrected chi connectivity index (χ4v) is 2.63. The van der Waals surface area contributed by atoms with E-state index in [1.807, 2.05) is 17.0 Å². The summed E-state index contributed by atoms with van der Waals surface area (Å²) in [7, 11) is 0. The topological polar surface area (TPSA) is 92.9 Å². The third-order valence-electron chi connectivity index (χ3n) is 2.69. The van der Waals surface area contributed by atoms with Gasteiger partial charge in [0, 0.05) is 26.1 Å². The molecule has 0 aliphatic carbocycles. The van der Waals surface area contributed by atoms with Gasteiger partial charge in [-0.15, -0.1) is 17.0 Å². The normalized spacial score (nSPS) is 10.2. The van der Waals surface area contributed by atoms with Gasteiger partial charge in [-0.2, -0.15) is 4.57 Å². The summed E-state index contributed by atoms with van der Waals surface area (Å²) in [4.78, 5) is 18.3. The first-order valence-corrected chi connectivity index (χ1v) is 6.32. The molecule has 0 fully saturated rings. The number of H-pyrrole nitrogens is 1. The van der Waals surface area contributed by atoms with Gasteiger partial charge in [-0.25, -0.2) is 0 Å². The van der Waals surface area contributed by atoms with E-state index in [-0.39, 0.29) is 23.6 Å². The maximum absolute atomic E-state index is 11.5. The molecule has 0 amide bonds. The van der Waals surface area contributed by atoms with Crippen molar-refractivity contribution in [2.24, 2.45) is 0 Å². The van der Waals surface area contributed by atoms with Gasteiger partial charge in [-0.05, 0) is 0 Å². The van der Waals surface area contributed by atoms with Crippen LogP contribution in [0.1, 0.15) is 16.1 Å². The summed E-state index contributed by atoms with van der Waals surface area (Å²) < 4.78 is 1.91. The van der Waals surface area contributed by atoms with Crippen molar-refractivity contribution in [1.82, 2.24) is 9.97 Å². The summed E-state index contributed by atoms with van der Waals surface area (Å²) in [5.41, 5.74) is 2.94. The van der Waals surface area contributed by atoms with E-state index in [4.69, 9.17) is 5.11 Å². The highest BCUT2D eigenvalue weighted by Crippen LogP contribution is 2.11. The molecule has 0 saturated heterocycles. The lowest BCUT2D eigenvalue weighted by Gasteiger charge is -2.02. The van der Waals surface area contributed by atoms with Gasteiger partial charge >= 0.3 is 0 Å². The van der Waals surface area contributed by atoms with Crippen molar-refractivity contribution in [3.05, 3.63) is 38.2 Å². The fraction of sp³-hybridized carbons (Fsp3) is 0.364. The number of aliphatic hydroxyl groups is 1. The molecule has 0 radical (unpaired) electrons. The van der Waals surface area contributed by atoms with Crippen LogP contribution in [0.25, 0.3) is 0 Å². The van der Waals surface area contributed by atoms with E-state index < -0.39 is 11.6 Å². The van der Waals surface area contributed by atoms with E-state index in [2.05, 4.69) is 9.97 Å². The molecule has 0 aromatic carbocycles. The van der Waals surface area contributed by atoms with Crippen LogP contribution in [0.2, 0.25) is 0 Å². The summed E-state index contributed by atoms with van der Waals surface area (Å²) in [5, 5.41) is 19.8. The number of nitrogens with zero attached hydrogens (tertiary/aromatic N) is 2. The van der Waals surface area contributed by atoms with Crippen molar-refractivity contribution in [2.75, 3.05) is 6.61 Å². The molecule has 19 heavy (non-hydrogen) atoms. The van der Waals surface area contributed by atoms with E-state index in [0.29, 0.717) is 18.5 Å². The molecule has 0 unspecified atom stereocenters. The summed E-state index contributed by atoms with van der Waals surface area (Å²) in [6.07, 6.45) is 1.91. The van der Waals surface area contributed by atoms with Crippen molar-refractivity contribution in [1.29, 1.82) is 0 Å². The zero-order chi connectivity index (χ0) is 13.1. The second-order valence-corrected chi connectivity index (χ2v) is 4.82. The third kappa shape index (κ3) is 3.62. The molecule has 104 valence electrons. The molecule has 0 spiro atoms. The number of thiazole rings is 1. The Morgan fingerprint density at radius 3 is 2.95 bits per heavy atom. The molecule has 0 atom stereocenters. The largest absolute Gasteiger partial charge is 0.846 e. The van der Waals surface area contributed by atoms with E-state index >= 15 is 0 Å². The first kappa shape index (κ1) is 15.8. The number of aromatic amines is 1. The molecule has 2 rings (SSSR count). The highest BCUT2D eigenvalue weighted by molar-refractivity contribution is 8.93. The molecule has 0 aliphatic rings. The molecule has 2 N–H and O–H groups in total. The van der Waals surface area contributed by atoms with Crippen LogP contribution in [0.3, 0.4) is 0 Å². The second-order valence-electron chi connectivity index (χ2n) is 3.88. The van der Waals surface area contributed by atoms with Crippen molar-refractivity contribution >= 4 is 28.3 Å². The SMILES string of the molecule is Br.Cc1c(CCO)sc[n+]1Cc1cnc([O-])[nH]c1=O. The average molecular weight is 348 g/mol. The smallest absolute Gasteiger partial charge is 0.259 e. The molecule has 2 aromatic rings. The van der Waals surface area contributed by atoms with Gasteiger partial charge in [-0.3, -0.25) is 9.78 Å². The summed E-state index contributed by atoms with van der Waals surface area (Å²) in [6.45, 7) is 2.41. The van der Waals surface area contributed by atoms with Gasteiger partial charge in [0.1, 0.15) is 5.56 Å². The minimum atomic E-state index is -0.628. The first-order chi connectivity index (χ1) is 8.61. The minimum absolute atomic E-state index is 0. The number of hydrogen-bond donors (Lipinski definition) is 2. The van der Waals surface area contributed by atoms with Crippen molar-refractivity contribution < 1.29 is 14.8 Å². The van der Waals surface area contributed by atoms with E-state index in [9.17, 15) is 9.90 Å². The van der Waals surface area contributed by atoms with Crippen LogP contribution in [-0.2, 0) is 13.0 Å².